The van der Waals surface area contributed by atoms with E-state index in [1.165, 1.54) is 0 Å². The van der Waals surface area contributed by atoms with Gasteiger partial charge in [-0.1, -0.05) is 30.3 Å². The number of benzene rings is 1. The fraction of sp³-hybridized carbons (Fsp3) is 0.294. The predicted molar refractivity (Wildman–Crippen MR) is 86.2 cm³/mol. The highest BCUT2D eigenvalue weighted by Gasteiger charge is 2.26. The molecule has 0 saturated carbocycles. The average Bonchev–Trinajstić information content (AvgIpc) is 3.00. The van der Waals surface area contributed by atoms with E-state index in [0.29, 0.717) is 6.54 Å². The van der Waals surface area contributed by atoms with Gasteiger partial charge in [-0.2, -0.15) is 5.10 Å². The minimum atomic E-state index is 0.0213. The van der Waals surface area contributed by atoms with Crippen LogP contribution in [0.3, 0.4) is 0 Å². The number of amides is 1. The molecule has 1 aliphatic heterocycles. The van der Waals surface area contributed by atoms with Gasteiger partial charge in [-0.15, -0.1) is 0 Å². The predicted octanol–water partition coefficient (Wildman–Crippen LogP) is 2.80. The van der Waals surface area contributed by atoms with E-state index >= 15 is 0 Å². The zero-order chi connectivity index (χ0) is 15.7. The van der Waals surface area contributed by atoms with E-state index in [1.54, 1.807) is 15.8 Å². The van der Waals surface area contributed by atoms with Crippen LogP contribution in [0.15, 0.2) is 53.9 Å². The molecule has 0 aliphatic carbocycles. The van der Waals surface area contributed by atoms with Gasteiger partial charge in [-0.3, -0.25) is 4.79 Å². The van der Waals surface area contributed by atoms with Gasteiger partial charge in [0.25, 0.3) is 5.91 Å². The second kappa shape index (κ2) is 5.67. The number of likely N-dealkylation sites (N-methyl/N-ethyl adjacent to an activating group) is 1. The highest BCUT2D eigenvalue weighted by atomic mass is 16.2. The fourth-order valence-electron chi connectivity index (χ4n) is 2.67. The summed E-state index contributed by atoms with van der Waals surface area (Å²) in [5.41, 5.74) is 2.77. The molecule has 1 aromatic carbocycles. The minimum absolute atomic E-state index is 0.0213. The van der Waals surface area contributed by atoms with E-state index in [-0.39, 0.29) is 11.9 Å². The first-order chi connectivity index (χ1) is 10.6. The third kappa shape index (κ3) is 2.50. The Morgan fingerprint density at radius 3 is 2.77 bits per heavy atom. The van der Waals surface area contributed by atoms with Gasteiger partial charge in [-0.25, -0.2) is 4.68 Å². The Kier molecular flexibility index (Phi) is 3.71. The van der Waals surface area contributed by atoms with Crippen molar-refractivity contribution in [1.29, 1.82) is 0 Å². The number of hydrogen-bond acceptors (Lipinski definition) is 3. The molecule has 0 fully saturated rings. The van der Waals surface area contributed by atoms with Gasteiger partial charge in [0.15, 0.2) is 0 Å². The lowest BCUT2D eigenvalue weighted by atomic mass is 10.1. The largest absolute Gasteiger partial charge is 0.344 e. The average molecular weight is 296 g/mol. The molecule has 5 heteroatoms. The molecule has 1 N–H and O–H groups in total. The normalized spacial score (nSPS) is 15.0. The number of fused-ring (bicyclic) bond motifs is 1. The van der Waals surface area contributed by atoms with Crippen LogP contribution in [0.25, 0.3) is 0 Å². The second-order valence-corrected chi connectivity index (χ2v) is 5.61. The summed E-state index contributed by atoms with van der Waals surface area (Å²) in [6.45, 7) is 4.48. The number of aromatic nitrogens is 2. The Morgan fingerprint density at radius 1 is 1.32 bits per heavy atom. The molecule has 114 valence electrons. The molecule has 1 aromatic heterocycles. The van der Waals surface area contributed by atoms with E-state index in [0.717, 1.165) is 22.7 Å². The van der Waals surface area contributed by atoms with E-state index in [1.807, 2.05) is 57.3 Å². The first-order valence-electron chi connectivity index (χ1n) is 7.38. The fourth-order valence-corrected chi connectivity index (χ4v) is 2.67. The van der Waals surface area contributed by atoms with Crippen molar-refractivity contribution in [2.45, 2.75) is 26.4 Å². The molecular weight excluding hydrogens is 276 g/mol. The van der Waals surface area contributed by atoms with Gasteiger partial charge in [0.05, 0.1) is 24.4 Å². The smallest absolute Gasteiger partial charge is 0.253 e. The molecule has 0 unspecified atom stereocenters. The molecule has 3 rings (SSSR count). The topological polar surface area (TPSA) is 50.2 Å². The summed E-state index contributed by atoms with van der Waals surface area (Å²) in [6.07, 6.45) is 1.74. The molecule has 1 amide bonds. The zero-order valence-electron chi connectivity index (χ0n) is 13.1. The summed E-state index contributed by atoms with van der Waals surface area (Å²) >= 11 is 0. The molecule has 0 spiro atoms. The third-order valence-electron chi connectivity index (χ3n) is 4.23. The van der Waals surface area contributed by atoms with E-state index in [9.17, 15) is 4.79 Å². The highest BCUT2D eigenvalue weighted by Crippen LogP contribution is 2.25. The Hall–Kier alpha value is -2.56. The van der Waals surface area contributed by atoms with Crippen molar-refractivity contribution < 1.29 is 4.79 Å². The summed E-state index contributed by atoms with van der Waals surface area (Å²) in [5, 5.41) is 7.47. The number of carbonyl (C=O) groups is 1. The van der Waals surface area contributed by atoms with Gasteiger partial charge in [0.1, 0.15) is 5.82 Å². The first kappa shape index (κ1) is 14.4. The van der Waals surface area contributed by atoms with Crippen molar-refractivity contribution >= 4 is 11.7 Å². The van der Waals surface area contributed by atoms with Crippen molar-refractivity contribution in [3.63, 3.8) is 0 Å². The first-order valence-corrected chi connectivity index (χ1v) is 7.38. The van der Waals surface area contributed by atoms with Crippen LogP contribution in [0.1, 0.15) is 25.5 Å². The van der Waals surface area contributed by atoms with Gasteiger partial charge in [0, 0.05) is 18.8 Å². The summed E-state index contributed by atoms with van der Waals surface area (Å²) in [5.74, 6) is 0.954. The highest BCUT2D eigenvalue weighted by molar-refractivity contribution is 5.95. The zero-order valence-corrected chi connectivity index (χ0v) is 13.1. The molecule has 0 saturated heterocycles. The molecule has 2 aromatic rings. The number of nitrogens with zero attached hydrogens (tertiary/aromatic N) is 3. The van der Waals surface area contributed by atoms with Crippen LogP contribution in [0.2, 0.25) is 0 Å². The molecular formula is C17H20N4O. The van der Waals surface area contributed by atoms with Crippen LogP contribution < -0.4 is 5.32 Å². The monoisotopic (exact) mass is 296 g/mol. The number of rotatable bonds is 3. The van der Waals surface area contributed by atoms with Crippen molar-refractivity contribution in [2.75, 3.05) is 12.4 Å². The third-order valence-corrected chi connectivity index (χ3v) is 4.23. The standard InChI is InChI=1S/C17H20N4O/c1-12-15(11-21-16(19-12)9-10-18-21)17(22)20(3)13(2)14-7-5-4-6-8-14/h4-10,13,19H,11H2,1-3H3/t13-/m1/s1. The summed E-state index contributed by atoms with van der Waals surface area (Å²) in [4.78, 5) is 14.6. The summed E-state index contributed by atoms with van der Waals surface area (Å²) < 4.78 is 1.81. The van der Waals surface area contributed by atoms with Gasteiger partial charge < -0.3 is 10.2 Å². The molecule has 0 radical (unpaired) electrons. The maximum absolute atomic E-state index is 12.8. The Bertz CT molecular complexity index is 717. The van der Waals surface area contributed by atoms with Crippen LogP contribution in [-0.2, 0) is 11.3 Å². The molecule has 5 nitrogen and oxygen atoms in total. The maximum Gasteiger partial charge on any atom is 0.253 e. The lowest BCUT2D eigenvalue weighted by Gasteiger charge is -2.29. The molecule has 22 heavy (non-hydrogen) atoms. The Morgan fingerprint density at radius 2 is 2.05 bits per heavy atom. The number of anilines is 1. The Balaban J connectivity index is 1.81. The van der Waals surface area contributed by atoms with Crippen molar-refractivity contribution in [3.8, 4) is 0 Å². The van der Waals surface area contributed by atoms with Gasteiger partial charge >= 0.3 is 0 Å². The second-order valence-electron chi connectivity index (χ2n) is 5.61. The molecule has 0 bridgehead atoms. The minimum Gasteiger partial charge on any atom is -0.344 e. The van der Waals surface area contributed by atoms with Crippen molar-refractivity contribution in [1.82, 2.24) is 14.7 Å². The lowest BCUT2D eigenvalue weighted by molar-refractivity contribution is -0.128. The van der Waals surface area contributed by atoms with Gasteiger partial charge in [0.2, 0.25) is 0 Å². The van der Waals surface area contributed by atoms with E-state index in [4.69, 9.17) is 0 Å². The number of nitrogens with one attached hydrogen (secondary N) is 1. The number of allylic oxidation sites excluding steroid dienone is 1. The van der Waals surface area contributed by atoms with Crippen LogP contribution in [0.5, 0.6) is 0 Å². The van der Waals surface area contributed by atoms with Crippen LogP contribution in [-0.4, -0.2) is 27.6 Å². The number of carbonyl (C=O) groups excluding carboxylic acids is 1. The molecule has 1 atom stereocenters. The maximum atomic E-state index is 12.8. The SMILES string of the molecule is CC1=C(C(=O)N(C)[C@H](C)c2ccccc2)Cn2nccc2N1. The quantitative estimate of drug-likeness (QED) is 0.947. The molecule has 1 aliphatic rings. The van der Waals surface area contributed by atoms with E-state index in [2.05, 4.69) is 10.4 Å². The van der Waals surface area contributed by atoms with Crippen LogP contribution >= 0.6 is 0 Å². The van der Waals surface area contributed by atoms with Crippen molar-refractivity contribution in [2.24, 2.45) is 0 Å². The molecule has 2 heterocycles. The van der Waals surface area contributed by atoms with Crippen LogP contribution in [0.4, 0.5) is 5.82 Å². The number of hydrogen-bond donors (Lipinski definition) is 1. The van der Waals surface area contributed by atoms with Crippen LogP contribution in [0, 0.1) is 0 Å². The summed E-state index contributed by atoms with van der Waals surface area (Å²) in [7, 11) is 1.85. The lowest BCUT2D eigenvalue weighted by Crippen LogP contribution is -2.34. The van der Waals surface area contributed by atoms with E-state index < -0.39 is 0 Å². The summed E-state index contributed by atoms with van der Waals surface area (Å²) in [6, 6.07) is 12.0. The van der Waals surface area contributed by atoms with Crippen molar-refractivity contribution in [3.05, 3.63) is 59.4 Å². The van der Waals surface area contributed by atoms with Gasteiger partial charge in [-0.05, 0) is 19.4 Å². The Labute approximate surface area is 130 Å².